The highest BCUT2D eigenvalue weighted by Crippen LogP contribution is 2.33. The average molecular weight is 440 g/mol. The summed E-state index contributed by atoms with van der Waals surface area (Å²) in [6.45, 7) is 3.87. The van der Waals surface area contributed by atoms with Gasteiger partial charge in [-0.2, -0.15) is 0 Å². The average Bonchev–Trinajstić information content (AvgIpc) is 3.11. The van der Waals surface area contributed by atoms with Gasteiger partial charge in [-0.3, -0.25) is 0 Å². The van der Waals surface area contributed by atoms with Crippen molar-refractivity contribution in [2.24, 2.45) is 0 Å². The number of anilines is 2. The molecule has 0 aromatic carbocycles. The van der Waals surface area contributed by atoms with E-state index in [1.54, 1.807) is 11.3 Å². The Labute approximate surface area is 162 Å². The Morgan fingerprint density at radius 3 is 3.04 bits per heavy atom. The predicted molar refractivity (Wildman–Crippen MR) is 108 cm³/mol. The molecule has 0 bridgehead atoms. The number of nitrogens with zero attached hydrogens (tertiary/aromatic N) is 3. The summed E-state index contributed by atoms with van der Waals surface area (Å²) in [4.78, 5) is 12.5. The number of thiophene rings is 2. The van der Waals surface area contributed by atoms with Crippen LogP contribution in [0.25, 0.3) is 10.3 Å². The molecule has 0 amide bonds. The molecular formula is C16H18BrN5OS2. The standard InChI is InChI=1S/C16H18BrN5OS2/c17-11-8-24-9-12(11)20-15(23)10-7-25-16-14(10)21-13(6-19-16)22-4-1-2-18-3-5-22/h6-9,15,18,20,23H,1-5H2. The molecule has 1 saturated heterocycles. The maximum Gasteiger partial charge on any atom is 0.153 e. The van der Waals surface area contributed by atoms with Crippen molar-refractivity contribution in [2.75, 3.05) is 36.4 Å². The zero-order chi connectivity index (χ0) is 17.2. The number of hydrogen-bond acceptors (Lipinski definition) is 8. The smallest absolute Gasteiger partial charge is 0.153 e. The molecular weight excluding hydrogens is 422 g/mol. The second-order valence-corrected chi connectivity index (χ2v) is 8.30. The fraction of sp³-hybridized carbons (Fsp3) is 0.375. The molecule has 25 heavy (non-hydrogen) atoms. The third kappa shape index (κ3) is 3.65. The van der Waals surface area contributed by atoms with Gasteiger partial charge in [0.15, 0.2) is 6.23 Å². The summed E-state index contributed by atoms with van der Waals surface area (Å²) in [5, 5.41) is 23.0. The van der Waals surface area contributed by atoms with Crippen LogP contribution in [0.2, 0.25) is 0 Å². The summed E-state index contributed by atoms with van der Waals surface area (Å²) in [6, 6.07) is 0. The second-order valence-electron chi connectivity index (χ2n) is 5.84. The van der Waals surface area contributed by atoms with Gasteiger partial charge < -0.3 is 20.6 Å². The largest absolute Gasteiger partial charge is 0.369 e. The Morgan fingerprint density at radius 2 is 2.20 bits per heavy atom. The predicted octanol–water partition coefficient (Wildman–Crippen LogP) is 3.42. The van der Waals surface area contributed by atoms with E-state index in [-0.39, 0.29) is 0 Å². The zero-order valence-electron chi connectivity index (χ0n) is 13.4. The fourth-order valence-electron chi connectivity index (χ4n) is 2.85. The highest BCUT2D eigenvalue weighted by Gasteiger charge is 2.19. The van der Waals surface area contributed by atoms with Crippen molar-refractivity contribution in [3.05, 3.63) is 32.4 Å². The lowest BCUT2D eigenvalue weighted by Gasteiger charge is -2.21. The van der Waals surface area contributed by atoms with E-state index in [9.17, 15) is 5.11 Å². The first kappa shape index (κ1) is 17.2. The van der Waals surface area contributed by atoms with E-state index in [4.69, 9.17) is 4.98 Å². The van der Waals surface area contributed by atoms with E-state index < -0.39 is 6.23 Å². The number of hydrogen-bond donors (Lipinski definition) is 3. The summed E-state index contributed by atoms with van der Waals surface area (Å²) >= 11 is 6.56. The third-order valence-electron chi connectivity index (χ3n) is 4.16. The minimum Gasteiger partial charge on any atom is -0.369 e. The summed E-state index contributed by atoms with van der Waals surface area (Å²) in [6.07, 6.45) is 2.10. The lowest BCUT2D eigenvalue weighted by atomic mass is 10.2. The molecule has 4 heterocycles. The van der Waals surface area contributed by atoms with Gasteiger partial charge in [0.1, 0.15) is 16.2 Å². The Bertz CT molecular complexity index is 859. The molecule has 4 rings (SSSR count). The molecule has 3 aromatic heterocycles. The van der Waals surface area contributed by atoms with Crippen molar-refractivity contribution in [1.82, 2.24) is 15.3 Å². The Kier molecular flexibility index (Phi) is 5.18. The number of aliphatic hydroxyl groups is 1. The molecule has 0 saturated carbocycles. The molecule has 1 aliphatic heterocycles. The van der Waals surface area contributed by atoms with E-state index in [0.717, 1.165) is 64.5 Å². The minimum atomic E-state index is -0.824. The van der Waals surface area contributed by atoms with Crippen molar-refractivity contribution in [1.29, 1.82) is 0 Å². The van der Waals surface area contributed by atoms with Gasteiger partial charge in [0.2, 0.25) is 0 Å². The van der Waals surface area contributed by atoms with Gasteiger partial charge in [-0.25, -0.2) is 9.97 Å². The van der Waals surface area contributed by atoms with E-state index in [2.05, 4.69) is 36.4 Å². The molecule has 1 fully saturated rings. The Morgan fingerprint density at radius 1 is 1.28 bits per heavy atom. The van der Waals surface area contributed by atoms with E-state index in [1.165, 1.54) is 11.3 Å². The molecule has 1 unspecified atom stereocenters. The van der Waals surface area contributed by atoms with Crippen molar-refractivity contribution in [2.45, 2.75) is 12.6 Å². The number of nitrogens with one attached hydrogen (secondary N) is 2. The van der Waals surface area contributed by atoms with Crippen LogP contribution in [0.3, 0.4) is 0 Å². The van der Waals surface area contributed by atoms with Crippen molar-refractivity contribution < 1.29 is 5.11 Å². The highest BCUT2D eigenvalue weighted by atomic mass is 79.9. The first-order valence-electron chi connectivity index (χ1n) is 8.08. The second kappa shape index (κ2) is 7.55. The van der Waals surface area contributed by atoms with Gasteiger partial charge in [0.25, 0.3) is 0 Å². The van der Waals surface area contributed by atoms with E-state index in [1.807, 2.05) is 22.3 Å². The van der Waals surface area contributed by atoms with Crippen LogP contribution in [0.1, 0.15) is 18.2 Å². The van der Waals surface area contributed by atoms with Gasteiger partial charge in [-0.1, -0.05) is 0 Å². The molecule has 0 aliphatic carbocycles. The molecule has 3 aromatic rings. The lowest BCUT2D eigenvalue weighted by molar-refractivity contribution is 0.210. The van der Waals surface area contributed by atoms with Crippen molar-refractivity contribution in [3.63, 3.8) is 0 Å². The van der Waals surface area contributed by atoms with Gasteiger partial charge >= 0.3 is 0 Å². The number of fused-ring (bicyclic) bond motifs is 1. The first-order chi connectivity index (χ1) is 12.2. The Hall–Kier alpha value is -1.26. The highest BCUT2D eigenvalue weighted by molar-refractivity contribution is 9.10. The van der Waals surface area contributed by atoms with Gasteiger partial charge in [-0.05, 0) is 28.9 Å². The van der Waals surface area contributed by atoms with Crippen LogP contribution < -0.4 is 15.5 Å². The SMILES string of the molecule is OC(Nc1cscc1Br)c1csc2ncc(N3CCCNCC3)nc12. The maximum absolute atomic E-state index is 10.6. The van der Waals surface area contributed by atoms with Crippen molar-refractivity contribution in [3.8, 4) is 0 Å². The molecule has 9 heteroatoms. The molecule has 0 spiro atoms. The van der Waals surface area contributed by atoms with Crippen LogP contribution in [0.15, 0.2) is 26.8 Å². The van der Waals surface area contributed by atoms with Crippen LogP contribution in [0, 0.1) is 0 Å². The quantitative estimate of drug-likeness (QED) is 0.540. The maximum atomic E-state index is 10.6. The Balaban J connectivity index is 1.62. The topological polar surface area (TPSA) is 73.3 Å². The number of rotatable bonds is 4. The summed E-state index contributed by atoms with van der Waals surface area (Å²) < 4.78 is 0.944. The first-order valence-corrected chi connectivity index (χ1v) is 10.7. The fourth-order valence-corrected chi connectivity index (χ4v) is 5.07. The van der Waals surface area contributed by atoms with Crippen LogP contribution in [0.4, 0.5) is 11.5 Å². The van der Waals surface area contributed by atoms with Gasteiger partial charge in [0, 0.05) is 41.3 Å². The van der Waals surface area contributed by atoms with Crippen molar-refractivity contribution >= 4 is 60.5 Å². The summed E-state index contributed by atoms with van der Waals surface area (Å²) in [7, 11) is 0. The molecule has 6 nitrogen and oxygen atoms in total. The number of halogens is 1. The third-order valence-corrected chi connectivity index (χ3v) is 6.76. The minimum absolute atomic E-state index is 0.764. The lowest BCUT2D eigenvalue weighted by Crippen LogP contribution is -2.28. The molecule has 1 atom stereocenters. The number of aromatic nitrogens is 2. The van der Waals surface area contributed by atoms with Crippen LogP contribution in [-0.2, 0) is 0 Å². The van der Waals surface area contributed by atoms with Crippen LogP contribution in [-0.4, -0.2) is 41.3 Å². The van der Waals surface area contributed by atoms with Gasteiger partial charge in [-0.15, -0.1) is 22.7 Å². The normalized spacial score (nSPS) is 16.8. The molecule has 1 aliphatic rings. The number of aliphatic hydroxyl groups excluding tert-OH is 1. The van der Waals surface area contributed by atoms with E-state index in [0.29, 0.717) is 0 Å². The van der Waals surface area contributed by atoms with E-state index >= 15 is 0 Å². The molecule has 0 radical (unpaired) electrons. The molecule has 132 valence electrons. The summed E-state index contributed by atoms with van der Waals surface area (Å²) in [5.74, 6) is 0.875. The van der Waals surface area contributed by atoms with Crippen LogP contribution >= 0.6 is 38.6 Å². The van der Waals surface area contributed by atoms with Crippen LogP contribution in [0.5, 0.6) is 0 Å². The summed E-state index contributed by atoms with van der Waals surface area (Å²) in [5.41, 5.74) is 2.41. The molecule has 3 N–H and O–H groups in total. The van der Waals surface area contributed by atoms with Gasteiger partial charge in [0.05, 0.1) is 16.4 Å². The monoisotopic (exact) mass is 439 g/mol. The zero-order valence-corrected chi connectivity index (χ0v) is 16.6.